The molecular formula is C29H50N2O2S2. The average Bonchev–Trinajstić information content (AvgIpc) is 2.86. The molecule has 1 aromatic rings. The first-order valence-electron chi connectivity index (χ1n) is 13.9. The quantitative estimate of drug-likeness (QED) is 0.118. The third-order valence-corrected chi connectivity index (χ3v) is 7.74. The molecule has 2 amide bonds. The molecule has 0 unspecified atom stereocenters. The summed E-state index contributed by atoms with van der Waals surface area (Å²) in [6.07, 6.45) is 24.3. The molecule has 0 aromatic heterocycles. The Morgan fingerprint density at radius 3 is 1.83 bits per heavy atom. The van der Waals surface area contributed by atoms with Crippen LogP contribution < -0.4 is 10.6 Å². The number of benzene rings is 1. The monoisotopic (exact) mass is 522 g/mol. The second-order valence-corrected chi connectivity index (χ2v) is 11.2. The second-order valence-electron chi connectivity index (χ2n) is 9.41. The molecule has 0 aliphatic carbocycles. The first-order chi connectivity index (χ1) is 17.1. The highest BCUT2D eigenvalue weighted by Gasteiger charge is 2.11. The molecule has 0 saturated heterocycles. The number of unbranched alkanes of at least 4 members (excludes halogenated alkanes) is 14. The summed E-state index contributed by atoms with van der Waals surface area (Å²) < 4.78 is 0. The van der Waals surface area contributed by atoms with Crippen molar-refractivity contribution in [1.82, 2.24) is 5.32 Å². The van der Waals surface area contributed by atoms with Gasteiger partial charge in [0.1, 0.15) is 0 Å². The second kappa shape index (κ2) is 22.1. The molecule has 0 heterocycles. The summed E-state index contributed by atoms with van der Waals surface area (Å²) in [5.41, 5.74) is 1.33. The Hall–Kier alpha value is -1.14. The van der Waals surface area contributed by atoms with Gasteiger partial charge in [-0.3, -0.25) is 9.59 Å². The van der Waals surface area contributed by atoms with Crippen molar-refractivity contribution < 1.29 is 9.59 Å². The van der Waals surface area contributed by atoms with Crippen LogP contribution in [0.1, 0.15) is 120 Å². The lowest BCUT2D eigenvalue weighted by molar-refractivity contribution is -0.116. The van der Waals surface area contributed by atoms with Crippen molar-refractivity contribution in [3.8, 4) is 0 Å². The van der Waals surface area contributed by atoms with E-state index in [2.05, 4.69) is 17.6 Å². The molecule has 0 atom stereocenters. The zero-order valence-electron chi connectivity index (χ0n) is 22.6. The van der Waals surface area contributed by atoms with Crippen LogP contribution in [0.5, 0.6) is 0 Å². The van der Waals surface area contributed by atoms with Crippen molar-refractivity contribution in [3.63, 3.8) is 0 Å². The molecule has 0 aliphatic heterocycles. The fraction of sp³-hybridized carbons (Fsp3) is 0.724. The number of carbonyl (C=O) groups excluding carboxylic acids is 2. The lowest BCUT2D eigenvalue weighted by Crippen LogP contribution is -2.25. The third kappa shape index (κ3) is 16.3. The fourth-order valence-corrected chi connectivity index (χ4v) is 5.03. The molecule has 0 bridgehead atoms. The van der Waals surface area contributed by atoms with Gasteiger partial charge in [0.15, 0.2) is 0 Å². The number of hydrogen-bond acceptors (Lipinski definition) is 4. The molecule has 35 heavy (non-hydrogen) atoms. The predicted octanol–water partition coefficient (Wildman–Crippen LogP) is 8.70. The number of anilines is 1. The van der Waals surface area contributed by atoms with Gasteiger partial charge < -0.3 is 10.6 Å². The first-order valence-corrected chi connectivity index (χ1v) is 16.5. The summed E-state index contributed by atoms with van der Waals surface area (Å²) in [5, 5.41) is 5.95. The Morgan fingerprint density at radius 2 is 1.31 bits per heavy atom. The number of thioether (sulfide) groups is 2. The Balaban J connectivity index is 2.14. The topological polar surface area (TPSA) is 58.2 Å². The number of rotatable bonds is 22. The Labute approximate surface area is 223 Å². The molecule has 0 radical (unpaired) electrons. The normalized spacial score (nSPS) is 10.9. The SMILES string of the molecule is CCCCCCCCCCCCCCCCCC(=O)Nc1cc(C(=O)NCCSC)ccc1SC. The number of nitrogens with one attached hydrogen (secondary N) is 2. The van der Waals surface area contributed by atoms with Crippen LogP contribution in [-0.2, 0) is 4.79 Å². The van der Waals surface area contributed by atoms with Gasteiger partial charge in [0, 0.05) is 29.2 Å². The lowest BCUT2D eigenvalue weighted by Gasteiger charge is -2.12. The third-order valence-electron chi connectivity index (χ3n) is 6.33. The smallest absolute Gasteiger partial charge is 0.251 e. The Kier molecular flexibility index (Phi) is 20.1. The van der Waals surface area contributed by atoms with Crippen LogP contribution in [0.3, 0.4) is 0 Å². The van der Waals surface area contributed by atoms with Gasteiger partial charge >= 0.3 is 0 Å². The molecule has 0 aliphatic rings. The standard InChI is InChI=1S/C29H50N2O2S2/c1-4-5-6-7-8-9-10-11-12-13-14-15-16-17-18-19-28(32)31-26-24-25(20-21-27(26)35-3)29(33)30-22-23-34-2/h20-21,24H,4-19,22-23H2,1-3H3,(H,30,33)(H,31,32). The Morgan fingerprint density at radius 1 is 0.771 bits per heavy atom. The molecule has 1 aromatic carbocycles. The molecule has 1 rings (SSSR count). The van der Waals surface area contributed by atoms with Crippen LogP contribution in [0, 0.1) is 0 Å². The van der Waals surface area contributed by atoms with Crippen LogP contribution in [0.15, 0.2) is 23.1 Å². The number of amides is 2. The number of hydrogen-bond donors (Lipinski definition) is 2. The van der Waals surface area contributed by atoms with E-state index < -0.39 is 0 Å². The van der Waals surface area contributed by atoms with E-state index in [1.807, 2.05) is 24.6 Å². The summed E-state index contributed by atoms with van der Waals surface area (Å²) in [5.74, 6) is 0.830. The van der Waals surface area contributed by atoms with Crippen molar-refractivity contribution >= 4 is 41.0 Å². The fourth-order valence-electron chi connectivity index (χ4n) is 4.19. The average molecular weight is 523 g/mol. The molecule has 2 N–H and O–H groups in total. The van der Waals surface area contributed by atoms with E-state index in [1.165, 1.54) is 83.5 Å². The van der Waals surface area contributed by atoms with Crippen molar-refractivity contribution in [2.24, 2.45) is 0 Å². The summed E-state index contributed by atoms with van der Waals surface area (Å²) >= 11 is 3.28. The summed E-state index contributed by atoms with van der Waals surface area (Å²) in [7, 11) is 0. The van der Waals surface area contributed by atoms with E-state index in [1.54, 1.807) is 29.6 Å². The number of carbonyl (C=O) groups is 2. The van der Waals surface area contributed by atoms with Crippen molar-refractivity contribution in [2.45, 2.75) is 115 Å². The van der Waals surface area contributed by atoms with E-state index in [-0.39, 0.29) is 11.8 Å². The minimum atomic E-state index is -0.0930. The van der Waals surface area contributed by atoms with Crippen molar-refractivity contribution in [2.75, 3.05) is 30.1 Å². The van der Waals surface area contributed by atoms with Crippen molar-refractivity contribution in [3.05, 3.63) is 23.8 Å². The highest BCUT2D eigenvalue weighted by atomic mass is 32.2. The predicted molar refractivity (Wildman–Crippen MR) is 157 cm³/mol. The van der Waals surface area contributed by atoms with Crippen LogP contribution >= 0.6 is 23.5 Å². The summed E-state index contributed by atoms with van der Waals surface area (Å²) in [6.45, 7) is 2.92. The minimum absolute atomic E-state index is 0.0370. The minimum Gasteiger partial charge on any atom is -0.351 e. The van der Waals surface area contributed by atoms with Gasteiger partial charge in [-0.05, 0) is 37.1 Å². The van der Waals surface area contributed by atoms with Gasteiger partial charge in [-0.15, -0.1) is 11.8 Å². The van der Waals surface area contributed by atoms with Gasteiger partial charge in [0.05, 0.1) is 5.69 Å². The molecule has 4 nitrogen and oxygen atoms in total. The molecule has 0 fully saturated rings. The first kappa shape index (κ1) is 31.9. The van der Waals surface area contributed by atoms with E-state index in [9.17, 15) is 9.59 Å². The van der Waals surface area contributed by atoms with Crippen LogP contribution in [0.4, 0.5) is 5.69 Å². The van der Waals surface area contributed by atoms with Crippen molar-refractivity contribution in [1.29, 1.82) is 0 Å². The van der Waals surface area contributed by atoms with Gasteiger partial charge in [0.25, 0.3) is 5.91 Å². The molecule has 6 heteroatoms. The highest BCUT2D eigenvalue weighted by Crippen LogP contribution is 2.27. The van der Waals surface area contributed by atoms with Crippen LogP contribution in [-0.4, -0.2) is 36.6 Å². The maximum absolute atomic E-state index is 12.5. The zero-order valence-corrected chi connectivity index (χ0v) is 24.2. The molecule has 200 valence electrons. The van der Waals surface area contributed by atoms with Gasteiger partial charge in [-0.1, -0.05) is 96.8 Å². The zero-order chi connectivity index (χ0) is 25.6. The van der Waals surface area contributed by atoms with E-state index >= 15 is 0 Å². The lowest BCUT2D eigenvalue weighted by atomic mass is 10.0. The molecule has 0 spiro atoms. The summed E-state index contributed by atoms with van der Waals surface area (Å²) in [4.78, 5) is 25.8. The Bertz CT molecular complexity index is 697. The maximum Gasteiger partial charge on any atom is 0.251 e. The largest absolute Gasteiger partial charge is 0.351 e. The van der Waals surface area contributed by atoms with Crippen LogP contribution in [0.25, 0.3) is 0 Å². The van der Waals surface area contributed by atoms with E-state index in [0.29, 0.717) is 18.5 Å². The van der Waals surface area contributed by atoms with Crippen LogP contribution in [0.2, 0.25) is 0 Å². The molecule has 0 saturated carbocycles. The molecular weight excluding hydrogens is 472 g/mol. The summed E-state index contributed by atoms with van der Waals surface area (Å²) in [6, 6.07) is 5.53. The van der Waals surface area contributed by atoms with Gasteiger partial charge in [0.2, 0.25) is 5.91 Å². The van der Waals surface area contributed by atoms with Gasteiger partial charge in [-0.2, -0.15) is 11.8 Å². The van der Waals surface area contributed by atoms with Gasteiger partial charge in [-0.25, -0.2) is 0 Å². The highest BCUT2D eigenvalue weighted by molar-refractivity contribution is 7.98. The van der Waals surface area contributed by atoms with E-state index in [4.69, 9.17) is 0 Å². The van der Waals surface area contributed by atoms with E-state index in [0.717, 1.165) is 29.2 Å². The maximum atomic E-state index is 12.5.